The lowest BCUT2D eigenvalue weighted by molar-refractivity contribution is -0.140. The van der Waals surface area contributed by atoms with Gasteiger partial charge in [0, 0.05) is 24.5 Å². The number of hydrogen-bond acceptors (Lipinski definition) is 5. The molecule has 248 valence electrons. The highest BCUT2D eigenvalue weighted by Gasteiger charge is 2.35. The lowest BCUT2D eigenvalue weighted by Gasteiger charge is -2.34. The average Bonchev–Trinajstić information content (AvgIpc) is 3.06. The number of anilines is 1. The van der Waals surface area contributed by atoms with E-state index in [0.717, 1.165) is 15.4 Å². The standard InChI is InChI=1S/C35H36Cl3N3O5S/c1-4-18-39-35(43)32(20-25-8-6-5-7-9-25)40(22-26-12-16-29(37)30(38)19-26)34(42)23-41(31-21-27(36)13-17-33(31)46-3)47(44,45)28-14-10-24(2)11-15-28/h5-17,19,21,32H,4,18,20,22-23H2,1-3H3,(H,39,43)/t32-/m0/s1. The summed E-state index contributed by atoms with van der Waals surface area (Å²) in [5.41, 5.74) is 2.35. The van der Waals surface area contributed by atoms with Gasteiger partial charge in [-0.2, -0.15) is 0 Å². The molecule has 8 nitrogen and oxygen atoms in total. The lowest BCUT2D eigenvalue weighted by atomic mass is 10.0. The summed E-state index contributed by atoms with van der Waals surface area (Å²) in [6, 6.07) is 24.0. The third-order valence-electron chi connectivity index (χ3n) is 7.45. The fourth-order valence-electron chi connectivity index (χ4n) is 4.96. The number of amides is 2. The zero-order valence-corrected chi connectivity index (χ0v) is 29.3. The van der Waals surface area contributed by atoms with Crippen molar-refractivity contribution in [1.29, 1.82) is 0 Å². The van der Waals surface area contributed by atoms with Crippen LogP contribution in [0.25, 0.3) is 0 Å². The molecule has 4 rings (SSSR count). The Morgan fingerprint density at radius 3 is 2.21 bits per heavy atom. The molecule has 0 aliphatic heterocycles. The maximum absolute atomic E-state index is 14.6. The first kappa shape index (κ1) is 36.1. The second-order valence-electron chi connectivity index (χ2n) is 10.9. The highest BCUT2D eigenvalue weighted by atomic mass is 35.5. The number of benzene rings is 4. The second-order valence-corrected chi connectivity index (χ2v) is 14.0. The molecule has 2 amide bonds. The highest BCUT2D eigenvalue weighted by Crippen LogP contribution is 2.35. The van der Waals surface area contributed by atoms with Gasteiger partial charge in [0.1, 0.15) is 18.3 Å². The summed E-state index contributed by atoms with van der Waals surface area (Å²) in [6.45, 7) is 3.44. The molecule has 0 fully saturated rings. The van der Waals surface area contributed by atoms with Gasteiger partial charge in [-0.25, -0.2) is 8.42 Å². The molecular weight excluding hydrogens is 681 g/mol. The van der Waals surface area contributed by atoms with Gasteiger partial charge in [-0.1, -0.05) is 95.8 Å². The van der Waals surface area contributed by atoms with Crippen LogP contribution in [-0.4, -0.2) is 51.4 Å². The number of rotatable bonds is 14. The highest BCUT2D eigenvalue weighted by molar-refractivity contribution is 7.92. The SMILES string of the molecule is CCCNC(=O)[C@H](Cc1ccccc1)N(Cc1ccc(Cl)c(Cl)c1)C(=O)CN(c1cc(Cl)ccc1OC)S(=O)(=O)c1ccc(C)cc1. The molecule has 4 aromatic carbocycles. The van der Waals surface area contributed by atoms with E-state index in [4.69, 9.17) is 39.5 Å². The largest absolute Gasteiger partial charge is 0.495 e. The minimum atomic E-state index is -4.34. The Labute approximate surface area is 291 Å². The van der Waals surface area contributed by atoms with Crippen molar-refractivity contribution in [2.24, 2.45) is 0 Å². The Balaban J connectivity index is 1.86. The molecule has 0 spiro atoms. The molecule has 0 bridgehead atoms. The van der Waals surface area contributed by atoms with Crippen molar-refractivity contribution >= 4 is 62.3 Å². The Hall–Kier alpha value is -3.76. The zero-order chi connectivity index (χ0) is 34.1. The Morgan fingerprint density at radius 1 is 0.872 bits per heavy atom. The maximum Gasteiger partial charge on any atom is 0.264 e. The molecule has 0 radical (unpaired) electrons. The summed E-state index contributed by atoms with van der Waals surface area (Å²) in [7, 11) is -2.95. The molecule has 1 atom stereocenters. The third-order valence-corrected chi connectivity index (χ3v) is 10.2. The van der Waals surface area contributed by atoms with Gasteiger partial charge in [-0.15, -0.1) is 0 Å². The predicted octanol–water partition coefficient (Wildman–Crippen LogP) is 7.33. The number of aryl methyl sites for hydroxylation is 1. The van der Waals surface area contributed by atoms with Crippen LogP contribution in [0.2, 0.25) is 15.1 Å². The van der Waals surface area contributed by atoms with Crippen molar-refractivity contribution in [3.63, 3.8) is 0 Å². The van der Waals surface area contributed by atoms with Crippen molar-refractivity contribution in [3.8, 4) is 5.75 Å². The van der Waals surface area contributed by atoms with Crippen LogP contribution in [0.4, 0.5) is 5.69 Å². The Bertz CT molecular complexity index is 1810. The average molecular weight is 717 g/mol. The smallest absolute Gasteiger partial charge is 0.264 e. The van der Waals surface area contributed by atoms with Crippen molar-refractivity contribution in [2.45, 2.75) is 44.2 Å². The van der Waals surface area contributed by atoms with Crippen LogP contribution >= 0.6 is 34.8 Å². The number of carbonyl (C=O) groups is 2. The van der Waals surface area contributed by atoms with E-state index in [9.17, 15) is 18.0 Å². The van der Waals surface area contributed by atoms with Crippen molar-refractivity contribution in [1.82, 2.24) is 10.2 Å². The maximum atomic E-state index is 14.6. The molecule has 0 heterocycles. The minimum absolute atomic E-state index is 0.0320. The normalized spacial score (nSPS) is 11.9. The van der Waals surface area contributed by atoms with Crippen LogP contribution in [0.15, 0.2) is 95.9 Å². The Kier molecular flexibility index (Phi) is 12.6. The van der Waals surface area contributed by atoms with E-state index in [-0.39, 0.29) is 45.3 Å². The summed E-state index contributed by atoms with van der Waals surface area (Å²) in [4.78, 5) is 29.8. The van der Waals surface area contributed by atoms with Crippen molar-refractivity contribution in [2.75, 3.05) is 24.5 Å². The molecule has 0 aliphatic carbocycles. The number of sulfonamides is 1. The molecule has 0 unspecified atom stereocenters. The molecule has 0 aromatic heterocycles. The number of hydrogen-bond donors (Lipinski definition) is 1. The number of ether oxygens (including phenoxy) is 1. The monoisotopic (exact) mass is 715 g/mol. The molecule has 47 heavy (non-hydrogen) atoms. The predicted molar refractivity (Wildman–Crippen MR) is 188 cm³/mol. The third kappa shape index (κ3) is 9.20. The number of halogens is 3. The van der Waals surface area contributed by atoms with Crippen LogP contribution in [0, 0.1) is 6.92 Å². The van der Waals surface area contributed by atoms with Gasteiger partial charge in [0.25, 0.3) is 10.0 Å². The van der Waals surface area contributed by atoms with Crippen LogP contribution in [0.3, 0.4) is 0 Å². The van der Waals surface area contributed by atoms with Crippen LogP contribution < -0.4 is 14.4 Å². The topological polar surface area (TPSA) is 96.0 Å². The molecular formula is C35H36Cl3N3O5S. The molecule has 0 saturated heterocycles. The van der Waals surface area contributed by atoms with Gasteiger partial charge in [0.2, 0.25) is 11.8 Å². The van der Waals surface area contributed by atoms with E-state index < -0.39 is 28.5 Å². The van der Waals surface area contributed by atoms with E-state index in [1.165, 1.54) is 36.3 Å². The van der Waals surface area contributed by atoms with E-state index in [1.54, 1.807) is 36.4 Å². The number of nitrogens with zero attached hydrogens (tertiary/aromatic N) is 2. The molecule has 12 heteroatoms. The van der Waals surface area contributed by atoms with E-state index >= 15 is 0 Å². The first-order valence-electron chi connectivity index (χ1n) is 14.9. The van der Waals surface area contributed by atoms with Gasteiger partial charge in [-0.05, 0) is 66.9 Å². The Morgan fingerprint density at radius 2 is 1.57 bits per heavy atom. The van der Waals surface area contributed by atoms with Gasteiger partial charge in [0.15, 0.2) is 0 Å². The summed E-state index contributed by atoms with van der Waals surface area (Å²) < 4.78 is 35.1. The summed E-state index contributed by atoms with van der Waals surface area (Å²) >= 11 is 18.9. The van der Waals surface area contributed by atoms with E-state index in [1.807, 2.05) is 44.2 Å². The quantitative estimate of drug-likeness (QED) is 0.148. The van der Waals surface area contributed by atoms with Gasteiger partial charge in [0.05, 0.1) is 27.7 Å². The van der Waals surface area contributed by atoms with Crippen molar-refractivity contribution in [3.05, 3.63) is 123 Å². The molecule has 4 aromatic rings. The molecule has 0 aliphatic rings. The van der Waals surface area contributed by atoms with Crippen LogP contribution in [-0.2, 0) is 32.6 Å². The fraction of sp³-hybridized carbons (Fsp3) is 0.257. The minimum Gasteiger partial charge on any atom is -0.495 e. The van der Waals surface area contributed by atoms with Crippen LogP contribution in [0.1, 0.15) is 30.0 Å². The van der Waals surface area contributed by atoms with Crippen molar-refractivity contribution < 1.29 is 22.7 Å². The summed E-state index contributed by atoms with van der Waals surface area (Å²) in [6.07, 6.45) is 0.857. The van der Waals surface area contributed by atoms with Gasteiger partial charge < -0.3 is 15.0 Å². The lowest BCUT2D eigenvalue weighted by Crippen LogP contribution is -2.53. The first-order chi connectivity index (χ1) is 22.4. The fourth-order valence-corrected chi connectivity index (χ4v) is 6.87. The second kappa shape index (κ2) is 16.4. The number of nitrogens with one attached hydrogen (secondary N) is 1. The van der Waals surface area contributed by atoms with Crippen LogP contribution in [0.5, 0.6) is 5.75 Å². The summed E-state index contributed by atoms with van der Waals surface area (Å²) in [5, 5.41) is 3.77. The first-order valence-corrected chi connectivity index (χ1v) is 17.5. The molecule has 1 N–H and O–H groups in total. The molecule has 0 saturated carbocycles. The summed E-state index contributed by atoms with van der Waals surface area (Å²) in [5.74, 6) is -0.825. The zero-order valence-electron chi connectivity index (χ0n) is 26.3. The van der Waals surface area contributed by atoms with Gasteiger partial charge in [-0.3, -0.25) is 13.9 Å². The van der Waals surface area contributed by atoms with E-state index in [2.05, 4.69) is 5.32 Å². The van der Waals surface area contributed by atoms with E-state index in [0.29, 0.717) is 23.6 Å². The van der Waals surface area contributed by atoms with Gasteiger partial charge >= 0.3 is 0 Å². The number of carbonyl (C=O) groups excluding carboxylic acids is 2. The number of methoxy groups -OCH3 is 1.